The fraction of sp³-hybridized carbons (Fsp3) is 0.625. The molecule has 0 heterocycles. The van der Waals surface area contributed by atoms with E-state index in [4.69, 9.17) is 5.73 Å². The molecular formula is C16H28N2. The second kappa shape index (κ2) is 6.24. The van der Waals surface area contributed by atoms with Crippen molar-refractivity contribution in [2.45, 2.75) is 52.9 Å². The molecular weight excluding hydrogens is 220 g/mol. The van der Waals surface area contributed by atoms with Crippen molar-refractivity contribution < 1.29 is 0 Å². The molecule has 0 saturated carbocycles. The quantitative estimate of drug-likeness (QED) is 0.779. The van der Waals surface area contributed by atoms with Gasteiger partial charge in [-0.25, -0.2) is 0 Å². The molecule has 2 nitrogen and oxygen atoms in total. The summed E-state index contributed by atoms with van der Waals surface area (Å²) < 4.78 is 0. The van der Waals surface area contributed by atoms with Crippen LogP contribution < -0.4 is 11.1 Å². The monoisotopic (exact) mass is 248 g/mol. The largest absolute Gasteiger partial charge is 0.385 e. The lowest BCUT2D eigenvalue weighted by Gasteiger charge is -2.22. The van der Waals surface area contributed by atoms with E-state index in [1.54, 1.807) is 0 Å². The molecule has 0 spiro atoms. The Morgan fingerprint density at radius 2 is 1.61 bits per heavy atom. The van der Waals surface area contributed by atoms with Gasteiger partial charge in [0.15, 0.2) is 0 Å². The van der Waals surface area contributed by atoms with Crippen molar-refractivity contribution >= 4 is 5.69 Å². The maximum absolute atomic E-state index is 5.51. The lowest BCUT2D eigenvalue weighted by Crippen LogP contribution is -2.13. The summed E-state index contributed by atoms with van der Waals surface area (Å²) >= 11 is 0. The first-order valence-corrected chi connectivity index (χ1v) is 6.92. The molecule has 18 heavy (non-hydrogen) atoms. The summed E-state index contributed by atoms with van der Waals surface area (Å²) in [5.74, 6) is 0. The zero-order chi connectivity index (χ0) is 13.8. The van der Waals surface area contributed by atoms with Crippen molar-refractivity contribution in [3.63, 3.8) is 0 Å². The molecule has 0 bridgehead atoms. The van der Waals surface area contributed by atoms with Crippen molar-refractivity contribution in [3.8, 4) is 0 Å². The van der Waals surface area contributed by atoms with Crippen LogP contribution >= 0.6 is 0 Å². The minimum atomic E-state index is 0.216. The molecule has 0 aliphatic heterocycles. The average molecular weight is 248 g/mol. The number of hydrogen-bond acceptors (Lipinski definition) is 2. The van der Waals surface area contributed by atoms with Crippen molar-refractivity contribution in [1.82, 2.24) is 0 Å². The van der Waals surface area contributed by atoms with Crippen LogP contribution in [0.25, 0.3) is 0 Å². The molecule has 0 atom stereocenters. The van der Waals surface area contributed by atoms with Gasteiger partial charge in [0.25, 0.3) is 0 Å². The zero-order valence-electron chi connectivity index (χ0n) is 12.6. The molecule has 1 aromatic carbocycles. The highest BCUT2D eigenvalue weighted by Gasteiger charge is 2.15. The van der Waals surface area contributed by atoms with Crippen LogP contribution in [0.3, 0.4) is 0 Å². The molecule has 0 fully saturated rings. The third kappa shape index (κ3) is 4.02. The highest BCUT2D eigenvalue weighted by molar-refractivity contribution is 5.59. The van der Waals surface area contributed by atoms with Crippen molar-refractivity contribution in [2.24, 2.45) is 5.73 Å². The maximum atomic E-state index is 5.51. The fourth-order valence-corrected chi connectivity index (χ4v) is 2.16. The molecule has 0 radical (unpaired) electrons. The Kier molecular flexibility index (Phi) is 5.21. The molecule has 0 aromatic heterocycles. The topological polar surface area (TPSA) is 38.0 Å². The van der Waals surface area contributed by atoms with Crippen LogP contribution in [0.15, 0.2) is 12.1 Å². The first kappa shape index (κ1) is 15.0. The number of anilines is 1. The third-order valence-electron chi connectivity index (χ3n) is 3.33. The Morgan fingerprint density at radius 3 is 2.06 bits per heavy atom. The van der Waals surface area contributed by atoms with Gasteiger partial charge in [0.05, 0.1) is 0 Å². The molecule has 0 saturated heterocycles. The number of nitrogens with one attached hydrogen (secondary N) is 1. The zero-order valence-corrected chi connectivity index (χ0v) is 12.6. The molecule has 0 aliphatic rings. The highest BCUT2D eigenvalue weighted by Crippen LogP contribution is 2.29. The first-order chi connectivity index (χ1) is 8.36. The van der Waals surface area contributed by atoms with E-state index in [2.05, 4.69) is 52.1 Å². The highest BCUT2D eigenvalue weighted by atomic mass is 14.9. The minimum absolute atomic E-state index is 0.216. The number of benzene rings is 1. The van der Waals surface area contributed by atoms with Crippen molar-refractivity contribution in [2.75, 3.05) is 18.4 Å². The van der Waals surface area contributed by atoms with Crippen molar-refractivity contribution in [3.05, 3.63) is 28.8 Å². The average Bonchev–Trinajstić information content (AvgIpc) is 2.25. The lowest BCUT2D eigenvalue weighted by molar-refractivity contribution is 0.589. The minimum Gasteiger partial charge on any atom is -0.385 e. The molecule has 0 unspecified atom stereocenters. The number of rotatable bonds is 5. The standard InChI is InChI=1S/C16H28N2/c1-12-10-14(16(3,4)5)11-13(2)15(12)18-9-7-6-8-17/h10-11,18H,6-9,17H2,1-5H3. The van der Waals surface area contributed by atoms with Gasteiger partial charge in [0.2, 0.25) is 0 Å². The van der Waals surface area contributed by atoms with Gasteiger partial charge >= 0.3 is 0 Å². The van der Waals surface area contributed by atoms with Crippen LogP contribution in [-0.4, -0.2) is 13.1 Å². The van der Waals surface area contributed by atoms with Gasteiger partial charge in [0, 0.05) is 12.2 Å². The van der Waals surface area contributed by atoms with Crippen LogP contribution in [-0.2, 0) is 5.41 Å². The second-order valence-corrected chi connectivity index (χ2v) is 6.16. The number of hydrogen-bond donors (Lipinski definition) is 2. The van der Waals surface area contributed by atoms with Gasteiger partial charge in [0.1, 0.15) is 0 Å². The normalized spacial score (nSPS) is 11.7. The van der Waals surface area contributed by atoms with Crippen LogP contribution in [0, 0.1) is 13.8 Å². The Hall–Kier alpha value is -1.02. The fourth-order valence-electron chi connectivity index (χ4n) is 2.16. The molecule has 2 heteroatoms. The summed E-state index contributed by atoms with van der Waals surface area (Å²) in [4.78, 5) is 0. The van der Waals surface area contributed by atoms with E-state index >= 15 is 0 Å². The summed E-state index contributed by atoms with van der Waals surface area (Å²) in [6.45, 7) is 12.9. The predicted octanol–water partition coefficient (Wildman–Crippen LogP) is 3.75. The summed E-state index contributed by atoms with van der Waals surface area (Å²) in [5.41, 5.74) is 11.1. The van der Waals surface area contributed by atoms with Gasteiger partial charge in [-0.15, -0.1) is 0 Å². The van der Waals surface area contributed by atoms with E-state index in [0.29, 0.717) is 0 Å². The smallest absolute Gasteiger partial charge is 0.0399 e. The van der Waals surface area contributed by atoms with Gasteiger partial charge in [-0.05, 0) is 55.3 Å². The Labute approximate surface area is 112 Å². The number of aryl methyl sites for hydroxylation is 2. The van der Waals surface area contributed by atoms with Crippen LogP contribution in [0.1, 0.15) is 50.3 Å². The lowest BCUT2D eigenvalue weighted by atomic mass is 9.85. The van der Waals surface area contributed by atoms with E-state index in [9.17, 15) is 0 Å². The van der Waals surface area contributed by atoms with Crippen LogP contribution in [0.4, 0.5) is 5.69 Å². The Balaban J connectivity index is 2.82. The summed E-state index contributed by atoms with van der Waals surface area (Å²) in [6, 6.07) is 4.61. The van der Waals surface area contributed by atoms with E-state index in [1.165, 1.54) is 22.4 Å². The van der Waals surface area contributed by atoms with Gasteiger partial charge < -0.3 is 11.1 Å². The van der Waals surface area contributed by atoms with Gasteiger partial charge in [-0.2, -0.15) is 0 Å². The van der Waals surface area contributed by atoms with E-state index in [-0.39, 0.29) is 5.41 Å². The van der Waals surface area contributed by atoms with Crippen molar-refractivity contribution in [1.29, 1.82) is 0 Å². The first-order valence-electron chi connectivity index (χ1n) is 6.92. The molecule has 3 N–H and O–H groups in total. The molecule has 102 valence electrons. The maximum Gasteiger partial charge on any atom is 0.0399 e. The van der Waals surface area contributed by atoms with Gasteiger partial charge in [-0.3, -0.25) is 0 Å². The molecule has 0 amide bonds. The van der Waals surface area contributed by atoms with E-state index in [1.807, 2.05) is 0 Å². The number of unbranched alkanes of at least 4 members (excludes halogenated alkanes) is 1. The second-order valence-electron chi connectivity index (χ2n) is 6.16. The van der Waals surface area contributed by atoms with Crippen LogP contribution in [0.5, 0.6) is 0 Å². The van der Waals surface area contributed by atoms with E-state index < -0.39 is 0 Å². The summed E-state index contributed by atoms with van der Waals surface area (Å²) in [5, 5.41) is 3.54. The molecule has 1 aromatic rings. The van der Waals surface area contributed by atoms with Gasteiger partial charge in [-0.1, -0.05) is 32.9 Å². The predicted molar refractivity (Wildman–Crippen MR) is 81.4 cm³/mol. The molecule has 1 rings (SSSR count). The molecule has 0 aliphatic carbocycles. The SMILES string of the molecule is Cc1cc(C(C)(C)C)cc(C)c1NCCCCN. The van der Waals surface area contributed by atoms with Crippen LogP contribution in [0.2, 0.25) is 0 Å². The summed E-state index contributed by atoms with van der Waals surface area (Å²) in [6.07, 6.45) is 2.22. The Bertz CT molecular complexity index is 366. The Morgan fingerprint density at radius 1 is 1.06 bits per heavy atom. The number of nitrogens with two attached hydrogens (primary N) is 1. The third-order valence-corrected chi connectivity index (χ3v) is 3.33. The van der Waals surface area contributed by atoms with E-state index in [0.717, 1.165) is 25.9 Å². The summed E-state index contributed by atoms with van der Waals surface area (Å²) in [7, 11) is 0.